The minimum absolute atomic E-state index is 0.0855. The molecule has 0 unspecified atom stereocenters. The van der Waals surface area contributed by atoms with Gasteiger partial charge in [-0.3, -0.25) is 19.4 Å². The number of fused-ring (bicyclic) bond motifs is 3. The SMILES string of the molecule is CC(C)N(C(=O)NCc1ccc(F)cc1)N1CC(=O)N2[C@@H](Cc3ccc(NC(=O)c4cccc5ccccc45)cc3)C(=O)N(Cc3cccc4ccccc34)C[C@@H]21. The van der Waals surface area contributed by atoms with Gasteiger partial charge >= 0.3 is 6.03 Å². The Balaban J connectivity index is 1.06. The summed E-state index contributed by atoms with van der Waals surface area (Å²) in [5.41, 5.74) is 3.69. The Kier molecular flexibility index (Phi) is 10.4. The lowest BCUT2D eigenvalue weighted by Gasteiger charge is -2.47. The normalized spacial score (nSPS) is 17.0. The molecule has 57 heavy (non-hydrogen) atoms. The Bertz CT molecular complexity index is 2460. The fourth-order valence-corrected chi connectivity index (χ4v) is 8.08. The van der Waals surface area contributed by atoms with Gasteiger partial charge in [0.15, 0.2) is 0 Å². The van der Waals surface area contributed by atoms with Crippen molar-refractivity contribution in [3.63, 3.8) is 0 Å². The Labute approximate surface area is 330 Å². The second kappa shape index (κ2) is 15.9. The maximum Gasteiger partial charge on any atom is 0.332 e. The number of carbonyl (C=O) groups is 4. The third-order valence-corrected chi connectivity index (χ3v) is 10.8. The van der Waals surface area contributed by atoms with Gasteiger partial charge in [0, 0.05) is 36.8 Å². The number of benzene rings is 6. The van der Waals surface area contributed by atoms with E-state index >= 15 is 0 Å². The van der Waals surface area contributed by atoms with Gasteiger partial charge in [0.25, 0.3) is 5.91 Å². The fourth-order valence-electron chi connectivity index (χ4n) is 8.08. The zero-order valence-corrected chi connectivity index (χ0v) is 31.8. The number of halogens is 1. The second-order valence-corrected chi connectivity index (χ2v) is 14.9. The molecule has 10 nitrogen and oxygen atoms in total. The highest BCUT2D eigenvalue weighted by molar-refractivity contribution is 6.13. The number of hydrogen-bond donors (Lipinski definition) is 2. The first kappa shape index (κ1) is 37.3. The molecule has 0 spiro atoms. The molecule has 11 heteroatoms. The molecule has 5 amide bonds. The molecule has 2 aliphatic rings. The highest BCUT2D eigenvalue weighted by atomic mass is 19.1. The molecule has 0 saturated carbocycles. The monoisotopic (exact) mass is 762 g/mol. The number of urea groups is 1. The van der Waals surface area contributed by atoms with Crippen molar-refractivity contribution in [3.05, 3.63) is 162 Å². The maximum absolute atomic E-state index is 14.6. The number of hydrogen-bond acceptors (Lipinski definition) is 5. The van der Waals surface area contributed by atoms with Crippen molar-refractivity contribution < 1.29 is 23.6 Å². The lowest BCUT2D eigenvalue weighted by atomic mass is 9.98. The quantitative estimate of drug-likeness (QED) is 0.152. The van der Waals surface area contributed by atoms with Gasteiger partial charge in [-0.2, -0.15) is 5.01 Å². The van der Waals surface area contributed by atoms with Crippen LogP contribution in [0.3, 0.4) is 0 Å². The van der Waals surface area contributed by atoms with E-state index in [0.29, 0.717) is 17.8 Å². The van der Waals surface area contributed by atoms with Gasteiger partial charge in [0.1, 0.15) is 18.0 Å². The molecule has 2 aliphatic heterocycles. The summed E-state index contributed by atoms with van der Waals surface area (Å²) in [6.45, 7) is 4.36. The van der Waals surface area contributed by atoms with Crippen molar-refractivity contribution >= 4 is 51.0 Å². The number of anilines is 1. The second-order valence-electron chi connectivity index (χ2n) is 14.9. The van der Waals surface area contributed by atoms with Crippen LogP contribution < -0.4 is 10.6 Å². The lowest BCUT2D eigenvalue weighted by Crippen LogP contribution is -2.66. The molecule has 6 aromatic rings. The molecule has 2 saturated heterocycles. The Morgan fingerprint density at radius 3 is 2.12 bits per heavy atom. The van der Waals surface area contributed by atoms with E-state index in [4.69, 9.17) is 0 Å². The van der Waals surface area contributed by atoms with Crippen LogP contribution in [0.5, 0.6) is 0 Å². The maximum atomic E-state index is 14.6. The highest BCUT2D eigenvalue weighted by Gasteiger charge is 2.52. The standard InChI is InChI=1S/C46H43FN6O4/c1-30(2)53(46(57)48-26-32-17-21-36(47)22-18-32)51-29-43(54)52-41(45(56)50(28-42(51)52)27-35-13-7-11-33-9-3-5-14-38(33)35)25-31-19-23-37(24-20-31)49-44(55)40-16-8-12-34-10-4-6-15-39(34)40/h3-24,30,41-42H,25-29H2,1-2H3,(H,48,57)(H,49,55)/t41-,42+/m0/s1. The first-order valence-electron chi connectivity index (χ1n) is 19.2. The number of amides is 5. The summed E-state index contributed by atoms with van der Waals surface area (Å²) >= 11 is 0. The number of nitrogens with zero attached hydrogens (tertiary/aromatic N) is 4. The Morgan fingerprint density at radius 2 is 1.40 bits per heavy atom. The summed E-state index contributed by atoms with van der Waals surface area (Å²) in [6.07, 6.45) is -0.384. The van der Waals surface area contributed by atoms with Crippen molar-refractivity contribution in [1.82, 2.24) is 25.1 Å². The number of rotatable bonds is 10. The molecular weight excluding hydrogens is 720 g/mol. The van der Waals surface area contributed by atoms with Crippen LogP contribution in [0.4, 0.5) is 14.9 Å². The van der Waals surface area contributed by atoms with Gasteiger partial charge < -0.3 is 20.4 Å². The van der Waals surface area contributed by atoms with Gasteiger partial charge in [-0.05, 0) is 82.4 Å². The predicted octanol–water partition coefficient (Wildman–Crippen LogP) is 7.34. The van der Waals surface area contributed by atoms with Crippen LogP contribution in [0.2, 0.25) is 0 Å². The average Bonchev–Trinajstić information content (AvgIpc) is 3.53. The Hall–Kier alpha value is -6.59. The van der Waals surface area contributed by atoms with Crippen molar-refractivity contribution in [1.29, 1.82) is 0 Å². The van der Waals surface area contributed by atoms with E-state index in [-0.39, 0.29) is 55.6 Å². The molecule has 2 heterocycles. The molecule has 6 aromatic carbocycles. The van der Waals surface area contributed by atoms with Crippen LogP contribution in [-0.2, 0) is 29.1 Å². The average molecular weight is 763 g/mol. The number of piperazine rings is 1. The summed E-state index contributed by atoms with van der Waals surface area (Å²) in [5, 5.41) is 13.2. The van der Waals surface area contributed by atoms with Crippen LogP contribution in [0.15, 0.2) is 133 Å². The topological polar surface area (TPSA) is 105 Å². The van der Waals surface area contributed by atoms with E-state index in [9.17, 15) is 23.6 Å². The van der Waals surface area contributed by atoms with Crippen LogP contribution in [0.1, 0.15) is 40.9 Å². The first-order valence-corrected chi connectivity index (χ1v) is 19.2. The molecule has 2 atom stereocenters. The molecule has 2 N–H and O–H groups in total. The van der Waals surface area contributed by atoms with Gasteiger partial charge in [0.2, 0.25) is 11.8 Å². The van der Waals surface area contributed by atoms with Crippen molar-refractivity contribution in [2.75, 3.05) is 18.4 Å². The molecule has 0 aliphatic carbocycles. The fraction of sp³-hybridized carbons (Fsp3) is 0.217. The Morgan fingerprint density at radius 1 is 0.772 bits per heavy atom. The minimum atomic E-state index is -0.844. The highest BCUT2D eigenvalue weighted by Crippen LogP contribution is 2.32. The summed E-state index contributed by atoms with van der Waals surface area (Å²) in [4.78, 5) is 59.3. The van der Waals surface area contributed by atoms with Crippen LogP contribution in [-0.4, -0.2) is 74.9 Å². The third-order valence-electron chi connectivity index (χ3n) is 10.8. The molecule has 0 radical (unpaired) electrons. The van der Waals surface area contributed by atoms with E-state index in [0.717, 1.165) is 38.2 Å². The molecule has 0 bridgehead atoms. The molecule has 0 aromatic heterocycles. The molecule has 288 valence electrons. The molecule has 2 fully saturated rings. The predicted molar refractivity (Wildman–Crippen MR) is 218 cm³/mol. The van der Waals surface area contributed by atoms with Gasteiger partial charge in [-0.15, -0.1) is 0 Å². The zero-order valence-electron chi connectivity index (χ0n) is 31.8. The van der Waals surface area contributed by atoms with Crippen LogP contribution in [0, 0.1) is 5.82 Å². The summed E-state index contributed by atoms with van der Waals surface area (Å²) in [6, 6.07) is 39.1. The van der Waals surface area contributed by atoms with E-state index in [1.807, 2.05) is 105 Å². The van der Waals surface area contributed by atoms with E-state index in [1.165, 1.54) is 12.1 Å². The van der Waals surface area contributed by atoms with Gasteiger partial charge in [-0.1, -0.05) is 103 Å². The smallest absolute Gasteiger partial charge is 0.332 e. The van der Waals surface area contributed by atoms with E-state index < -0.39 is 18.2 Å². The summed E-state index contributed by atoms with van der Waals surface area (Å²) < 4.78 is 13.5. The summed E-state index contributed by atoms with van der Waals surface area (Å²) in [7, 11) is 0. The first-order chi connectivity index (χ1) is 27.6. The number of nitrogens with one attached hydrogen (secondary N) is 2. The summed E-state index contributed by atoms with van der Waals surface area (Å²) in [5.74, 6) is -1.02. The number of hydrazine groups is 1. The van der Waals surface area contributed by atoms with Crippen molar-refractivity contribution in [2.45, 2.75) is 51.6 Å². The van der Waals surface area contributed by atoms with Crippen molar-refractivity contribution in [3.8, 4) is 0 Å². The van der Waals surface area contributed by atoms with Crippen LogP contribution in [0.25, 0.3) is 21.5 Å². The van der Waals surface area contributed by atoms with Gasteiger partial charge in [0.05, 0.1) is 13.1 Å². The molecular formula is C46H43FN6O4. The molecule has 8 rings (SSSR count). The van der Waals surface area contributed by atoms with E-state index in [2.05, 4.69) is 10.6 Å². The number of carbonyl (C=O) groups excluding carboxylic acids is 4. The van der Waals surface area contributed by atoms with Gasteiger partial charge in [-0.25, -0.2) is 9.18 Å². The largest absolute Gasteiger partial charge is 0.333 e. The van der Waals surface area contributed by atoms with Crippen molar-refractivity contribution in [2.24, 2.45) is 0 Å². The minimum Gasteiger partial charge on any atom is -0.333 e. The van der Waals surface area contributed by atoms with E-state index in [1.54, 1.807) is 50.1 Å². The lowest BCUT2D eigenvalue weighted by molar-refractivity contribution is -0.158. The zero-order chi connectivity index (χ0) is 39.6. The third kappa shape index (κ3) is 7.66. The van der Waals surface area contributed by atoms with Crippen LogP contribution >= 0.6 is 0 Å².